The second kappa shape index (κ2) is 2.71. The van der Waals surface area contributed by atoms with Gasteiger partial charge in [-0.15, -0.1) is 0 Å². The Hall–Kier alpha value is -0.0800. The minimum absolute atomic E-state index is 0. The summed E-state index contributed by atoms with van der Waals surface area (Å²) in [6, 6.07) is 0. The Morgan fingerprint density at radius 3 is 2.08 bits per heavy atom. The number of aliphatic hydroxyl groups is 1. The zero-order chi connectivity index (χ0) is 8.34. The van der Waals surface area contributed by atoms with Crippen LogP contribution in [0, 0.1) is 23.7 Å². The van der Waals surface area contributed by atoms with Crippen LogP contribution in [0.25, 0.3) is 0 Å². The Morgan fingerprint density at radius 1 is 1.08 bits per heavy atom. The van der Waals surface area contributed by atoms with E-state index in [0.29, 0.717) is 0 Å². The third kappa shape index (κ3) is 1.23. The molecule has 0 amide bonds. The summed E-state index contributed by atoms with van der Waals surface area (Å²) in [5, 5.41) is 10.2. The van der Waals surface area contributed by atoms with Gasteiger partial charge in [0.25, 0.3) is 0 Å². The Bertz CT molecular complexity index is 200. The maximum absolute atomic E-state index is 10.2. The first-order valence-electron chi connectivity index (χ1n) is 5.39. The number of hydrogen-bond acceptors (Lipinski definition) is 2. The van der Waals surface area contributed by atoms with Gasteiger partial charge in [0, 0.05) is 0 Å². The van der Waals surface area contributed by atoms with Gasteiger partial charge in [-0.1, -0.05) is 6.92 Å². The van der Waals surface area contributed by atoms with Crippen molar-refractivity contribution in [1.82, 2.24) is 6.15 Å². The molecule has 0 radical (unpaired) electrons. The van der Waals surface area contributed by atoms with E-state index in [2.05, 4.69) is 6.92 Å². The molecule has 4 saturated carbocycles. The second-order valence-electron chi connectivity index (χ2n) is 5.55. The topological polar surface area (TPSA) is 55.2 Å². The van der Waals surface area contributed by atoms with E-state index in [4.69, 9.17) is 0 Å². The lowest BCUT2D eigenvalue weighted by atomic mass is 9.50. The van der Waals surface area contributed by atoms with E-state index in [1.807, 2.05) is 0 Å². The molecule has 0 aromatic heterocycles. The fourth-order valence-electron chi connectivity index (χ4n) is 4.24. The quantitative estimate of drug-likeness (QED) is 0.605. The van der Waals surface area contributed by atoms with Crippen molar-refractivity contribution in [1.29, 1.82) is 0 Å². The van der Waals surface area contributed by atoms with Crippen molar-refractivity contribution in [2.75, 3.05) is 0 Å². The van der Waals surface area contributed by atoms with Gasteiger partial charge in [0.2, 0.25) is 0 Å². The van der Waals surface area contributed by atoms with E-state index in [0.717, 1.165) is 42.9 Å². The molecule has 0 aromatic carbocycles. The molecule has 2 heteroatoms. The van der Waals surface area contributed by atoms with Gasteiger partial charge in [-0.25, -0.2) is 0 Å². The summed E-state index contributed by atoms with van der Waals surface area (Å²) in [7, 11) is 0. The maximum Gasteiger partial charge on any atom is 0.0656 e. The predicted molar refractivity (Wildman–Crippen MR) is 52.7 cm³/mol. The minimum Gasteiger partial charge on any atom is -0.390 e. The SMILES string of the molecule is CC1C2CC3CC1CC(O)(C3)C2.N. The highest BCUT2D eigenvalue weighted by atomic mass is 16.3. The van der Waals surface area contributed by atoms with Crippen LogP contribution in [-0.2, 0) is 0 Å². The first kappa shape index (κ1) is 9.47. The lowest BCUT2D eigenvalue weighted by Crippen LogP contribution is -2.53. The van der Waals surface area contributed by atoms with Crippen molar-refractivity contribution in [3.63, 3.8) is 0 Å². The van der Waals surface area contributed by atoms with Crippen LogP contribution >= 0.6 is 0 Å². The van der Waals surface area contributed by atoms with Gasteiger partial charge >= 0.3 is 0 Å². The molecule has 0 saturated heterocycles. The molecule has 13 heavy (non-hydrogen) atoms. The lowest BCUT2D eigenvalue weighted by molar-refractivity contribution is -0.147. The Balaban J connectivity index is 0.000000653. The second-order valence-corrected chi connectivity index (χ2v) is 5.55. The third-order valence-electron chi connectivity index (χ3n) is 4.71. The van der Waals surface area contributed by atoms with Crippen LogP contribution in [0.15, 0.2) is 0 Å². The van der Waals surface area contributed by atoms with E-state index in [-0.39, 0.29) is 11.8 Å². The summed E-state index contributed by atoms with van der Waals surface area (Å²) in [6.45, 7) is 2.40. The van der Waals surface area contributed by atoms with E-state index in [1.54, 1.807) is 0 Å². The van der Waals surface area contributed by atoms with Crippen LogP contribution in [0.4, 0.5) is 0 Å². The summed E-state index contributed by atoms with van der Waals surface area (Å²) >= 11 is 0. The van der Waals surface area contributed by atoms with Crippen LogP contribution < -0.4 is 6.15 Å². The van der Waals surface area contributed by atoms with Gasteiger partial charge in [0.15, 0.2) is 0 Å². The van der Waals surface area contributed by atoms with Gasteiger partial charge in [-0.2, -0.15) is 0 Å². The van der Waals surface area contributed by atoms with Gasteiger partial charge in [-0.3, -0.25) is 0 Å². The zero-order valence-corrected chi connectivity index (χ0v) is 8.50. The average Bonchev–Trinajstić information content (AvgIpc) is 1.96. The van der Waals surface area contributed by atoms with E-state index < -0.39 is 0 Å². The maximum atomic E-state index is 10.2. The summed E-state index contributed by atoms with van der Waals surface area (Å²) in [4.78, 5) is 0. The fourth-order valence-corrected chi connectivity index (χ4v) is 4.24. The normalized spacial score (nSPS) is 57.7. The van der Waals surface area contributed by atoms with Gasteiger partial charge in [-0.05, 0) is 55.8 Å². The highest BCUT2D eigenvalue weighted by Crippen LogP contribution is 2.57. The molecule has 2 atom stereocenters. The minimum atomic E-state index is -0.219. The Kier molecular flexibility index (Phi) is 1.97. The van der Waals surface area contributed by atoms with Crippen LogP contribution in [0.5, 0.6) is 0 Å². The molecule has 2 unspecified atom stereocenters. The summed E-state index contributed by atoms with van der Waals surface area (Å²) in [6.07, 6.45) is 6.18. The molecule has 0 heterocycles. The van der Waals surface area contributed by atoms with Crippen molar-refractivity contribution in [3.05, 3.63) is 0 Å². The molecular weight excluding hydrogens is 162 g/mol. The van der Waals surface area contributed by atoms with E-state index >= 15 is 0 Å². The molecule has 4 rings (SSSR count). The fraction of sp³-hybridized carbons (Fsp3) is 1.00. The number of hydrogen-bond donors (Lipinski definition) is 2. The molecular formula is C11H21NO. The van der Waals surface area contributed by atoms with Crippen LogP contribution in [0.3, 0.4) is 0 Å². The van der Waals surface area contributed by atoms with Crippen LogP contribution in [0.1, 0.15) is 39.0 Å². The molecule has 0 aromatic rings. The van der Waals surface area contributed by atoms with E-state index in [1.165, 1.54) is 12.8 Å². The molecule has 0 aliphatic heterocycles. The molecule has 4 bridgehead atoms. The largest absolute Gasteiger partial charge is 0.390 e. The van der Waals surface area contributed by atoms with Gasteiger partial charge < -0.3 is 11.3 Å². The summed E-state index contributed by atoms with van der Waals surface area (Å²) in [5.74, 6) is 3.51. The van der Waals surface area contributed by atoms with Gasteiger partial charge in [0.1, 0.15) is 0 Å². The van der Waals surface area contributed by atoms with Crippen LogP contribution in [0.2, 0.25) is 0 Å². The molecule has 76 valence electrons. The summed E-state index contributed by atoms with van der Waals surface area (Å²) in [5.41, 5.74) is -0.219. The van der Waals surface area contributed by atoms with Crippen molar-refractivity contribution in [2.45, 2.75) is 44.6 Å². The predicted octanol–water partition coefficient (Wildman–Crippen LogP) is 2.36. The molecule has 4 aliphatic rings. The van der Waals surface area contributed by atoms with E-state index in [9.17, 15) is 5.11 Å². The zero-order valence-electron chi connectivity index (χ0n) is 8.50. The molecule has 4 fully saturated rings. The van der Waals surface area contributed by atoms with Crippen LogP contribution in [-0.4, -0.2) is 10.7 Å². The van der Waals surface area contributed by atoms with Crippen molar-refractivity contribution in [2.24, 2.45) is 23.7 Å². The summed E-state index contributed by atoms with van der Waals surface area (Å²) < 4.78 is 0. The third-order valence-corrected chi connectivity index (χ3v) is 4.71. The smallest absolute Gasteiger partial charge is 0.0656 e. The highest BCUT2D eigenvalue weighted by Gasteiger charge is 2.53. The van der Waals surface area contributed by atoms with Crippen molar-refractivity contribution >= 4 is 0 Å². The monoisotopic (exact) mass is 183 g/mol. The first-order chi connectivity index (χ1) is 5.66. The molecule has 2 nitrogen and oxygen atoms in total. The Morgan fingerprint density at radius 2 is 1.62 bits per heavy atom. The van der Waals surface area contributed by atoms with Crippen molar-refractivity contribution in [3.8, 4) is 0 Å². The molecule has 4 aliphatic carbocycles. The Labute approximate surface area is 80.3 Å². The van der Waals surface area contributed by atoms with Gasteiger partial charge in [0.05, 0.1) is 5.60 Å². The first-order valence-corrected chi connectivity index (χ1v) is 5.39. The lowest BCUT2D eigenvalue weighted by Gasteiger charge is -2.57. The molecule has 0 spiro atoms. The number of rotatable bonds is 0. The standard InChI is InChI=1S/C11H18O.H3N/c1-7-9-2-8-3-10(7)6-11(12,4-8)5-9;/h7-10,12H,2-6H2,1H3;1H3. The average molecular weight is 183 g/mol. The van der Waals surface area contributed by atoms with Crippen molar-refractivity contribution < 1.29 is 5.11 Å². The highest BCUT2D eigenvalue weighted by molar-refractivity contribution is 5.04. The molecule has 4 N–H and O–H groups in total.